The lowest BCUT2D eigenvalue weighted by Crippen LogP contribution is -2.12. The normalized spacial score (nSPS) is 11.1. The van der Waals surface area contributed by atoms with Gasteiger partial charge >= 0.3 is 0 Å². The van der Waals surface area contributed by atoms with Gasteiger partial charge in [0.2, 0.25) is 5.78 Å². The minimum Gasteiger partial charge on any atom is -0.496 e. The molecule has 0 atom stereocenters. The molecule has 0 bridgehead atoms. The molecule has 2 aromatic rings. The summed E-state index contributed by atoms with van der Waals surface area (Å²) < 4.78 is 15.9. The van der Waals surface area contributed by atoms with Crippen LogP contribution < -0.4 is 24.8 Å². The lowest BCUT2D eigenvalue weighted by molar-refractivity contribution is 0.104. The topological polar surface area (TPSA) is 74.0 Å². The van der Waals surface area contributed by atoms with Crippen LogP contribution >= 0.6 is 11.6 Å². The summed E-state index contributed by atoms with van der Waals surface area (Å²) in [4.78, 5) is 14.6. The summed E-state index contributed by atoms with van der Waals surface area (Å²) in [5.41, 5.74) is 8.30. The fourth-order valence-corrected chi connectivity index (χ4v) is 2.80. The van der Waals surface area contributed by atoms with E-state index in [1.165, 1.54) is 27.4 Å². The molecule has 6 nitrogen and oxygen atoms in total. The molecular weight excluding hydrogens is 368 g/mol. The van der Waals surface area contributed by atoms with Crippen molar-refractivity contribution in [2.24, 2.45) is 0 Å². The van der Waals surface area contributed by atoms with Crippen molar-refractivity contribution in [2.45, 2.75) is 0 Å². The fraction of sp³-hybridized carbons (Fsp3) is 0.250. The van der Waals surface area contributed by atoms with Crippen LogP contribution in [0.15, 0.2) is 35.4 Å². The molecule has 0 spiro atoms. The van der Waals surface area contributed by atoms with Crippen LogP contribution in [-0.2, 0) is 0 Å². The van der Waals surface area contributed by atoms with Gasteiger partial charge in [0, 0.05) is 31.3 Å². The maximum Gasteiger partial charge on any atom is 0.204 e. The van der Waals surface area contributed by atoms with Crippen molar-refractivity contribution in [1.29, 1.82) is 0 Å². The van der Waals surface area contributed by atoms with Gasteiger partial charge in [-0.25, -0.2) is 0 Å². The summed E-state index contributed by atoms with van der Waals surface area (Å²) in [7, 11) is 8.30. The highest BCUT2D eigenvalue weighted by atomic mass is 35.5. The van der Waals surface area contributed by atoms with E-state index in [0.717, 1.165) is 5.69 Å². The third-order valence-corrected chi connectivity index (χ3v) is 4.29. The number of carbonyl (C=O) groups is 1. The summed E-state index contributed by atoms with van der Waals surface area (Å²) in [6.07, 6.45) is 1.54. The van der Waals surface area contributed by atoms with Crippen LogP contribution in [0, 0.1) is 0 Å². The van der Waals surface area contributed by atoms with Crippen LogP contribution in [0.4, 0.5) is 11.4 Å². The van der Waals surface area contributed by atoms with Gasteiger partial charge in [-0.2, -0.15) is 0 Å². The van der Waals surface area contributed by atoms with Gasteiger partial charge in [-0.05, 0) is 30.3 Å². The van der Waals surface area contributed by atoms with E-state index in [2.05, 4.69) is 0 Å². The number of ketones is 1. The van der Waals surface area contributed by atoms with Crippen LogP contribution in [0.25, 0.3) is 6.08 Å². The SMILES string of the molecule is COc1cc(OC)c(OC)cc1C=C(Cl)C(=O)c1ccc(N)c(N(C)C)c1. The standard InChI is InChI=1S/C20H23ClN2O4/c1-23(2)16-9-12(6-7-15(16)22)20(24)14(21)8-13-10-18(26-4)19(27-5)11-17(13)25-3/h6-11H,22H2,1-5H3. The predicted molar refractivity (Wildman–Crippen MR) is 109 cm³/mol. The zero-order valence-electron chi connectivity index (χ0n) is 16.0. The molecule has 27 heavy (non-hydrogen) atoms. The molecule has 0 aromatic heterocycles. The second kappa shape index (κ2) is 8.68. The molecule has 2 N–H and O–H groups in total. The van der Waals surface area contributed by atoms with Crippen LogP contribution in [0.5, 0.6) is 17.2 Å². The van der Waals surface area contributed by atoms with Gasteiger partial charge in [0.1, 0.15) is 5.75 Å². The van der Waals surface area contributed by atoms with Crippen molar-refractivity contribution >= 4 is 34.8 Å². The number of allylic oxidation sites excluding steroid dienone is 1. The summed E-state index contributed by atoms with van der Waals surface area (Å²) >= 11 is 6.31. The predicted octanol–water partition coefficient (Wildman–Crippen LogP) is 3.82. The van der Waals surface area contributed by atoms with Crippen molar-refractivity contribution < 1.29 is 19.0 Å². The molecule has 0 aliphatic carbocycles. The quantitative estimate of drug-likeness (QED) is 0.440. The summed E-state index contributed by atoms with van der Waals surface area (Å²) in [6, 6.07) is 8.41. The Balaban J connectivity index is 2.45. The van der Waals surface area contributed by atoms with E-state index in [4.69, 9.17) is 31.5 Å². The van der Waals surface area contributed by atoms with Gasteiger partial charge in [-0.3, -0.25) is 4.79 Å². The van der Waals surface area contributed by atoms with Crippen LogP contribution in [-0.4, -0.2) is 41.2 Å². The largest absolute Gasteiger partial charge is 0.496 e. The molecule has 0 heterocycles. The number of carbonyl (C=O) groups excluding carboxylic acids is 1. The van der Waals surface area contributed by atoms with Gasteiger partial charge in [0.05, 0.1) is 37.7 Å². The molecule has 0 fully saturated rings. The zero-order valence-corrected chi connectivity index (χ0v) is 16.8. The summed E-state index contributed by atoms with van der Waals surface area (Å²) in [5.74, 6) is 1.20. The van der Waals surface area contributed by atoms with E-state index in [1.54, 1.807) is 30.3 Å². The first-order valence-corrected chi connectivity index (χ1v) is 8.48. The summed E-state index contributed by atoms with van der Waals surface area (Å²) in [5, 5.41) is 0.0370. The van der Waals surface area contributed by atoms with Gasteiger partial charge < -0.3 is 24.8 Å². The third kappa shape index (κ3) is 4.46. The van der Waals surface area contributed by atoms with Gasteiger partial charge in [-0.1, -0.05) is 11.6 Å². The smallest absolute Gasteiger partial charge is 0.204 e. The average molecular weight is 391 g/mol. The first-order valence-electron chi connectivity index (χ1n) is 8.11. The molecular formula is C20H23ClN2O4. The highest BCUT2D eigenvalue weighted by Crippen LogP contribution is 2.36. The maximum absolute atomic E-state index is 12.8. The number of hydrogen-bond acceptors (Lipinski definition) is 6. The Kier molecular flexibility index (Phi) is 6.58. The molecule has 7 heteroatoms. The lowest BCUT2D eigenvalue weighted by Gasteiger charge is -2.16. The highest BCUT2D eigenvalue weighted by Gasteiger charge is 2.16. The third-order valence-electron chi connectivity index (χ3n) is 4.01. The minimum atomic E-state index is -0.323. The number of rotatable bonds is 7. The number of halogens is 1. The lowest BCUT2D eigenvalue weighted by atomic mass is 10.1. The minimum absolute atomic E-state index is 0.0370. The number of nitrogen functional groups attached to an aromatic ring is 1. The molecule has 0 amide bonds. The van der Waals surface area contributed by atoms with E-state index in [9.17, 15) is 4.79 Å². The van der Waals surface area contributed by atoms with Crippen molar-refractivity contribution in [2.75, 3.05) is 46.1 Å². The molecule has 2 rings (SSSR count). The first-order chi connectivity index (χ1) is 12.8. The van der Waals surface area contributed by atoms with Gasteiger partial charge in [0.15, 0.2) is 11.5 Å². The van der Waals surface area contributed by atoms with E-state index in [-0.39, 0.29) is 10.8 Å². The molecule has 0 saturated carbocycles. The van der Waals surface area contributed by atoms with Crippen molar-refractivity contribution in [1.82, 2.24) is 0 Å². The maximum atomic E-state index is 12.8. The molecule has 144 valence electrons. The monoisotopic (exact) mass is 390 g/mol. The Morgan fingerprint density at radius 2 is 1.59 bits per heavy atom. The van der Waals surface area contributed by atoms with E-state index in [1.807, 2.05) is 19.0 Å². The number of benzene rings is 2. The number of nitrogens with zero attached hydrogens (tertiary/aromatic N) is 1. The Bertz CT molecular complexity index is 879. The Hall–Kier alpha value is -2.86. The van der Waals surface area contributed by atoms with Crippen molar-refractivity contribution in [3.8, 4) is 17.2 Å². The number of anilines is 2. The Morgan fingerprint density at radius 1 is 1.00 bits per heavy atom. The second-order valence-electron chi connectivity index (χ2n) is 5.94. The fourth-order valence-electron chi connectivity index (χ4n) is 2.58. The molecule has 0 saturated heterocycles. The molecule has 2 aromatic carbocycles. The van der Waals surface area contributed by atoms with Crippen LogP contribution in [0.2, 0.25) is 0 Å². The van der Waals surface area contributed by atoms with Crippen LogP contribution in [0.1, 0.15) is 15.9 Å². The highest BCUT2D eigenvalue weighted by molar-refractivity contribution is 6.47. The number of nitrogens with two attached hydrogens (primary N) is 1. The van der Waals surface area contributed by atoms with E-state index < -0.39 is 0 Å². The molecule has 0 radical (unpaired) electrons. The van der Waals surface area contributed by atoms with E-state index >= 15 is 0 Å². The number of Topliss-reactive ketones (excluding diaryl/α,β-unsaturated/α-hetero) is 1. The molecule has 0 aliphatic rings. The van der Waals surface area contributed by atoms with Gasteiger partial charge in [-0.15, -0.1) is 0 Å². The molecule has 0 aliphatic heterocycles. The van der Waals surface area contributed by atoms with Crippen molar-refractivity contribution in [3.05, 3.63) is 46.5 Å². The Labute approximate surface area is 164 Å². The number of hydrogen-bond donors (Lipinski definition) is 1. The molecule has 0 unspecified atom stereocenters. The summed E-state index contributed by atoms with van der Waals surface area (Å²) in [6.45, 7) is 0. The number of methoxy groups -OCH3 is 3. The zero-order chi connectivity index (χ0) is 20.1. The Morgan fingerprint density at radius 3 is 2.15 bits per heavy atom. The second-order valence-corrected chi connectivity index (χ2v) is 6.35. The van der Waals surface area contributed by atoms with Gasteiger partial charge in [0.25, 0.3) is 0 Å². The first kappa shape index (κ1) is 20.5. The van der Waals surface area contributed by atoms with Crippen molar-refractivity contribution in [3.63, 3.8) is 0 Å². The number of ether oxygens (including phenoxy) is 3. The average Bonchev–Trinajstić information content (AvgIpc) is 2.66. The van der Waals surface area contributed by atoms with E-state index in [0.29, 0.717) is 34.1 Å². The van der Waals surface area contributed by atoms with Crippen LogP contribution in [0.3, 0.4) is 0 Å².